The SMILES string of the molecule is O=C(NCC1CC1)c1c(CC(=O)C2CC2)sc2c1C[C@@H](n1cnnc1N[C@H]1CN(C(=O)c3ccccc3)CC1(F)F)CC2. The molecule has 1 aromatic carbocycles. The number of ketones is 1. The molecule has 3 aromatic rings. The monoisotopic (exact) mass is 608 g/mol. The molecule has 3 fully saturated rings. The van der Waals surface area contributed by atoms with Crippen LogP contribution in [0.4, 0.5) is 14.7 Å². The lowest BCUT2D eigenvalue weighted by atomic mass is 9.90. The number of fused-ring (bicyclic) bond motifs is 1. The number of Topliss-reactive ketones (excluding diaryl/α,β-unsaturated/α-hetero) is 1. The van der Waals surface area contributed by atoms with Crippen molar-refractivity contribution >= 4 is 34.9 Å². The molecule has 3 aliphatic carbocycles. The van der Waals surface area contributed by atoms with Crippen molar-refractivity contribution in [2.45, 2.75) is 69.4 Å². The Morgan fingerprint density at radius 3 is 2.60 bits per heavy atom. The number of aromatic nitrogens is 3. The Kier molecular flexibility index (Phi) is 7.27. The number of benzene rings is 1. The third-order valence-electron chi connectivity index (χ3n) is 9.04. The van der Waals surface area contributed by atoms with Crippen LogP contribution in [0.5, 0.6) is 0 Å². The van der Waals surface area contributed by atoms with E-state index < -0.39 is 24.4 Å². The number of nitrogens with one attached hydrogen (secondary N) is 2. The number of hydrogen-bond donors (Lipinski definition) is 2. The summed E-state index contributed by atoms with van der Waals surface area (Å²) in [6, 6.07) is 6.94. The summed E-state index contributed by atoms with van der Waals surface area (Å²) in [5.74, 6) is -2.66. The minimum atomic E-state index is -3.16. The van der Waals surface area contributed by atoms with Crippen LogP contribution >= 0.6 is 11.3 Å². The van der Waals surface area contributed by atoms with Gasteiger partial charge in [-0.2, -0.15) is 0 Å². The molecule has 9 nitrogen and oxygen atoms in total. The largest absolute Gasteiger partial charge is 0.352 e. The molecule has 2 aromatic heterocycles. The van der Waals surface area contributed by atoms with E-state index in [-0.39, 0.29) is 42.6 Å². The minimum Gasteiger partial charge on any atom is -0.352 e. The first-order chi connectivity index (χ1) is 20.8. The van der Waals surface area contributed by atoms with Gasteiger partial charge in [-0.3, -0.25) is 19.0 Å². The van der Waals surface area contributed by atoms with Crippen LogP contribution in [0, 0.1) is 11.8 Å². The lowest BCUT2D eigenvalue weighted by Crippen LogP contribution is -2.39. The highest BCUT2D eigenvalue weighted by Gasteiger charge is 2.50. The van der Waals surface area contributed by atoms with Crippen molar-refractivity contribution in [1.82, 2.24) is 25.0 Å². The van der Waals surface area contributed by atoms with Gasteiger partial charge in [0.25, 0.3) is 17.7 Å². The molecule has 3 heterocycles. The number of likely N-dealkylation sites (tertiary alicyclic amines) is 1. The van der Waals surface area contributed by atoms with E-state index in [1.54, 1.807) is 46.2 Å². The summed E-state index contributed by atoms with van der Waals surface area (Å²) < 4.78 is 32.1. The van der Waals surface area contributed by atoms with E-state index in [2.05, 4.69) is 20.8 Å². The highest BCUT2D eigenvalue weighted by molar-refractivity contribution is 7.12. The third kappa shape index (κ3) is 5.81. The summed E-state index contributed by atoms with van der Waals surface area (Å²) in [5.41, 5.74) is 1.93. The van der Waals surface area contributed by atoms with E-state index >= 15 is 8.78 Å². The first-order valence-electron chi connectivity index (χ1n) is 15.1. The Hall–Kier alpha value is -3.67. The topological polar surface area (TPSA) is 109 Å². The normalized spacial score (nSPS) is 22.7. The summed E-state index contributed by atoms with van der Waals surface area (Å²) in [4.78, 5) is 42.2. The summed E-state index contributed by atoms with van der Waals surface area (Å²) >= 11 is 1.57. The highest BCUT2D eigenvalue weighted by Crippen LogP contribution is 2.41. The van der Waals surface area contributed by atoms with Crippen LogP contribution in [0.3, 0.4) is 0 Å². The van der Waals surface area contributed by atoms with E-state index in [1.807, 2.05) is 0 Å². The number of alkyl halides is 2. The second-order valence-corrected chi connectivity index (χ2v) is 13.5. The molecule has 43 heavy (non-hydrogen) atoms. The van der Waals surface area contributed by atoms with E-state index in [0.717, 1.165) is 47.4 Å². The van der Waals surface area contributed by atoms with E-state index in [1.165, 1.54) is 11.2 Å². The summed E-state index contributed by atoms with van der Waals surface area (Å²) in [7, 11) is 0. The first kappa shape index (κ1) is 28.1. The maximum Gasteiger partial charge on any atom is 0.286 e. The molecule has 0 radical (unpaired) electrons. The Balaban J connectivity index is 1.10. The predicted molar refractivity (Wildman–Crippen MR) is 157 cm³/mol. The van der Waals surface area contributed by atoms with Crippen LogP contribution in [0.15, 0.2) is 36.7 Å². The zero-order chi connectivity index (χ0) is 29.7. The predicted octanol–water partition coefficient (Wildman–Crippen LogP) is 4.30. The Labute approximate surface area is 252 Å². The Bertz CT molecular complexity index is 1550. The molecule has 1 aliphatic heterocycles. The number of thiophene rings is 1. The highest BCUT2D eigenvalue weighted by atomic mass is 32.1. The smallest absolute Gasteiger partial charge is 0.286 e. The van der Waals surface area contributed by atoms with Gasteiger partial charge in [0.1, 0.15) is 18.2 Å². The molecular formula is C31H34F2N6O3S. The Morgan fingerprint density at radius 2 is 1.86 bits per heavy atom. The van der Waals surface area contributed by atoms with Gasteiger partial charge >= 0.3 is 0 Å². The molecule has 4 aliphatic rings. The van der Waals surface area contributed by atoms with Crippen molar-refractivity contribution in [2.75, 3.05) is 25.0 Å². The maximum absolute atomic E-state index is 15.2. The maximum atomic E-state index is 15.2. The molecule has 0 spiro atoms. The first-order valence-corrected chi connectivity index (χ1v) is 15.9. The number of amides is 2. The van der Waals surface area contributed by atoms with Crippen molar-refractivity contribution in [3.63, 3.8) is 0 Å². The molecule has 0 bridgehead atoms. The van der Waals surface area contributed by atoms with Crippen molar-refractivity contribution in [1.29, 1.82) is 0 Å². The third-order valence-corrected chi connectivity index (χ3v) is 10.3. The molecule has 2 amide bonds. The molecule has 226 valence electrons. The fourth-order valence-corrected chi connectivity index (χ4v) is 7.58. The number of nitrogens with zero attached hydrogens (tertiary/aromatic N) is 4. The minimum absolute atomic E-state index is 0.118. The van der Waals surface area contributed by atoms with Crippen LogP contribution in [-0.2, 0) is 24.1 Å². The van der Waals surface area contributed by atoms with Gasteiger partial charge in [0.2, 0.25) is 5.95 Å². The van der Waals surface area contributed by atoms with Gasteiger partial charge in [0, 0.05) is 46.8 Å². The average molecular weight is 609 g/mol. The molecule has 2 saturated carbocycles. The van der Waals surface area contributed by atoms with Gasteiger partial charge in [0.15, 0.2) is 0 Å². The van der Waals surface area contributed by atoms with Gasteiger partial charge in [-0.25, -0.2) is 8.78 Å². The average Bonchev–Trinajstić information content (AvgIpc) is 3.92. The van der Waals surface area contributed by atoms with E-state index in [4.69, 9.17) is 0 Å². The molecular weight excluding hydrogens is 574 g/mol. The van der Waals surface area contributed by atoms with Crippen LogP contribution in [0.25, 0.3) is 0 Å². The van der Waals surface area contributed by atoms with Gasteiger partial charge in [0.05, 0.1) is 12.1 Å². The second kappa shape index (κ2) is 11.1. The fourth-order valence-electron chi connectivity index (χ4n) is 6.22. The van der Waals surface area contributed by atoms with Crippen LogP contribution in [0.2, 0.25) is 0 Å². The lowest BCUT2D eigenvalue weighted by Gasteiger charge is -2.27. The molecule has 0 unspecified atom stereocenters. The van der Waals surface area contributed by atoms with Crippen molar-refractivity contribution < 1.29 is 23.2 Å². The zero-order valence-electron chi connectivity index (χ0n) is 23.7. The van der Waals surface area contributed by atoms with Crippen molar-refractivity contribution in [2.24, 2.45) is 11.8 Å². The van der Waals surface area contributed by atoms with Gasteiger partial charge in [-0.15, -0.1) is 21.5 Å². The number of aryl methyl sites for hydroxylation is 1. The molecule has 7 rings (SSSR count). The zero-order valence-corrected chi connectivity index (χ0v) is 24.5. The van der Waals surface area contributed by atoms with E-state index in [0.29, 0.717) is 36.4 Å². The van der Waals surface area contributed by atoms with Crippen LogP contribution < -0.4 is 10.6 Å². The quantitative estimate of drug-likeness (QED) is 0.355. The van der Waals surface area contributed by atoms with Crippen LogP contribution in [-0.4, -0.2) is 68.9 Å². The van der Waals surface area contributed by atoms with Crippen molar-refractivity contribution in [3.8, 4) is 0 Å². The van der Waals surface area contributed by atoms with Gasteiger partial charge < -0.3 is 15.5 Å². The second-order valence-electron chi connectivity index (χ2n) is 12.3. The number of rotatable bonds is 10. The fraction of sp³-hybridized carbons (Fsp3) is 0.516. The number of carbonyl (C=O) groups is 3. The lowest BCUT2D eigenvalue weighted by molar-refractivity contribution is -0.119. The summed E-state index contributed by atoms with van der Waals surface area (Å²) in [5, 5.41) is 14.2. The van der Waals surface area contributed by atoms with Gasteiger partial charge in [-0.1, -0.05) is 18.2 Å². The summed E-state index contributed by atoms with van der Waals surface area (Å²) in [6.07, 6.45) is 7.87. The molecule has 2 N–H and O–H groups in total. The molecule has 2 atom stereocenters. The molecule has 1 saturated heterocycles. The van der Waals surface area contributed by atoms with Gasteiger partial charge in [-0.05, 0) is 68.6 Å². The van der Waals surface area contributed by atoms with Crippen molar-refractivity contribution in [3.05, 3.63) is 63.1 Å². The van der Waals surface area contributed by atoms with E-state index in [9.17, 15) is 14.4 Å². The number of anilines is 1. The Morgan fingerprint density at radius 1 is 1.07 bits per heavy atom. The number of halogens is 2. The standard InChI is InChI=1S/C31H34F2N6O3S/c32-31(33)16-38(29(42)20-4-2-1-3-5-20)15-26(31)36-30-37-35-17-39(30)21-10-11-24-22(12-21)27(28(41)34-14-18-6-7-18)25(43-24)13-23(40)19-8-9-19/h1-5,17-19,21,26H,6-16H2,(H,34,41)(H,36,37)/t21-,26-/m0/s1. The molecule has 12 heteroatoms. The summed E-state index contributed by atoms with van der Waals surface area (Å²) in [6.45, 7) is -0.214. The number of hydrogen-bond acceptors (Lipinski definition) is 7. The number of carbonyl (C=O) groups excluding carboxylic acids is 3. The van der Waals surface area contributed by atoms with Crippen LogP contribution in [0.1, 0.15) is 74.2 Å².